The fourth-order valence-electron chi connectivity index (χ4n) is 5.97. The number of hydrogen-bond acceptors (Lipinski definition) is 3. The van der Waals surface area contributed by atoms with Crippen molar-refractivity contribution < 1.29 is 9.59 Å². The summed E-state index contributed by atoms with van der Waals surface area (Å²) in [4.78, 5) is 35.9. The number of nitrogens with zero attached hydrogens (tertiary/aromatic N) is 4. The molecule has 0 radical (unpaired) electrons. The minimum absolute atomic E-state index is 0.104. The van der Waals surface area contributed by atoms with Crippen LogP contribution in [0.2, 0.25) is 0 Å². The number of carbonyl (C=O) groups is 2. The molecule has 158 valence electrons. The zero-order valence-electron chi connectivity index (χ0n) is 18.5. The van der Waals surface area contributed by atoms with Crippen LogP contribution in [0.25, 0.3) is 0 Å². The highest BCUT2D eigenvalue weighted by atomic mass is 16.2. The second-order valence-electron chi connectivity index (χ2n) is 11.0. The summed E-state index contributed by atoms with van der Waals surface area (Å²) in [5, 5.41) is 0. The molecule has 29 heavy (non-hydrogen) atoms. The Morgan fingerprint density at radius 2 is 1.86 bits per heavy atom. The number of fused-ring (bicyclic) bond motifs is 2. The molecule has 2 saturated carbocycles. The summed E-state index contributed by atoms with van der Waals surface area (Å²) in [6.07, 6.45) is 6.49. The summed E-state index contributed by atoms with van der Waals surface area (Å²) >= 11 is 0. The lowest BCUT2D eigenvalue weighted by atomic mass is 9.85. The number of likely N-dealkylation sites (tertiary alicyclic amines) is 1. The van der Waals surface area contributed by atoms with Gasteiger partial charge in [0.05, 0.1) is 17.4 Å². The summed E-state index contributed by atoms with van der Waals surface area (Å²) in [5.41, 5.74) is 1.74. The fraction of sp³-hybridized carbons (Fsp3) is 0.783. The molecule has 0 N–H and O–H groups in total. The number of hydrogen-bond donors (Lipinski definition) is 0. The Kier molecular flexibility index (Phi) is 3.86. The van der Waals surface area contributed by atoms with E-state index in [1.807, 2.05) is 13.4 Å². The van der Waals surface area contributed by atoms with Crippen LogP contribution in [0.4, 0.5) is 0 Å². The molecular formula is C23H34N4O2. The Balaban J connectivity index is 1.49. The van der Waals surface area contributed by atoms with Crippen LogP contribution in [0.3, 0.4) is 0 Å². The van der Waals surface area contributed by atoms with E-state index in [9.17, 15) is 9.59 Å². The van der Waals surface area contributed by atoms with Gasteiger partial charge in [0.1, 0.15) is 5.54 Å². The molecule has 2 atom stereocenters. The quantitative estimate of drug-likeness (QED) is 0.787. The Bertz CT molecular complexity index is 881. The summed E-state index contributed by atoms with van der Waals surface area (Å²) in [7, 11) is 2.04. The van der Waals surface area contributed by atoms with E-state index in [1.165, 1.54) is 5.69 Å². The van der Waals surface area contributed by atoms with Crippen LogP contribution < -0.4 is 0 Å². The molecule has 1 saturated heterocycles. The van der Waals surface area contributed by atoms with Gasteiger partial charge in [-0.3, -0.25) is 9.59 Å². The number of amides is 2. The number of aromatic nitrogens is 2. The van der Waals surface area contributed by atoms with E-state index in [0.29, 0.717) is 18.4 Å². The number of aryl methyl sites for hydroxylation is 1. The average Bonchev–Trinajstić information content (AvgIpc) is 3.50. The van der Waals surface area contributed by atoms with E-state index in [1.54, 1.807) is 0 Å². The van der Waals surface area contributed by atoms with Crippen molar-refractivity contribution in [1.29, 1.82) is 0 Å². The molecule has 6 heteroatoms. The van der Waals surface area contributed by atoms with Crippen molar-refractivity contribution in [1.82, 2.24) is 19.4 Å². The van der Waals surface area contributed by atoms with E-state index in [4.69, 9.17) is 4.98 Å². The van der Waals surface area contributed by atoms with E-state index >= 15 is 0 Å². The highest BCUT2D eigenvalue weighted by Crippen LogP contribution is 2.56. The summed E-state index contributed by atoms with van der Waals surface area (Å²) in [5.74, 6) is 1.05. The van der Waals surface area contributed by atoms with Gasteiger partial charge in [0.25, 0.3) is 0 Å². The van der Waals surface area contributed by atoms with Gasteiger partial charge < -0.3 is 14.4 Å². The van der Waals surface area contributed by atoms with Crippen molar-refractivity contribution in [3.05, 3.63) is 17.7 Å². The average molecular weight is 399 g/mol. The summed E-state index contributed by atoms with van der Waals surface area (Å²) < 4.78 is 2.10. The van der Waals surface area contributed by atoms with Crippen LogP contribution in [0.15, 0.2) is 6.33 Å². The maximum Gasteiger partial charge on any atom is 0.229 e. The molecule has 3 heterocycles. The monoisotopic (exact) mass is 398 g/mol. The smallest absolute Gasteiger partial charge is 0.229 e. The standard InChI is InChI=1S/C23H34N4O2/c1-15(2)22(7-8-22)20(29)26-11-9-23(13-26)18-17(25(5)14-24-18)6-10-27(23)19(28)16-12-21(16,3)4/h14-16H,6-13H2,1-5H3. The second-order valence-corrected chi connectivity index (χ2v) is 11.0. The summed E-state index contributed by atoms with van der Waals surface area (Å²) in [6, 6.07) is 0. The highest BCUT2D eigenvalue weighted by Gasteiger charge is 2.61. The van der Waals surface area contributed by atoms with E-state index in [-0.39, 0.29) is 22.7 Å². The Morgan fingerprint density at radius 1 is 1.17 bits per heavy atom. The largest absolute Gasteiger partial charge is 0.339 e. The molecule has 1 aromatic rings. The highest BCUT2D eigenvalue weighted by molar-refractivity contribution is 5.87. The van der Waals surface area contributed by atoms with Crippen LogP contribution in [-0.2, 0) is 28.6 Å². The molecule has 1 spiro atoms. The molecule has 2 aliphatic carbocycles. The molecular weight excluding hydrogens is 364 g/mol. The first-order valence-corrected chi connectivity index (χ1v) is 11.2. The zero-order valence-corrected chi connectivity index (χ0v) is 18.5. The summed E-state index contributed by atoms with van der Waals surface area (Å²) in [6.45, 7) is 10.8. The van der Waals surface area contributed by atoms with Gasteiger partial charge in [0.2, 0.25) is 11.8 Å². The van der Waals surface area contributed by atoms with Crippen molar-refractivity contribution in [2.24, 2.45) is 29.7 Å². The van der Waals surface area contributed by atoms with E-state index in [2.05, 4.69) is 42.1 Å². The van der Waals surface area contributed by atoms with Gasteiger partial charge in [-0.15, -0.1) is 0 Å². The Labute approximate surface area is 173 Å². The third-order valence-electron chi connectivity index (χ3n) is 8.52. The molecule has 0 aromatic carbocycles. The SMILES string of the molecule is CC(C)C1(C(=O)N2CCC3(C2)c2ncn(C)c2CCN3C(=O)C2CC2(C)C)CC1. The van der Waals surface area contributed by atoms with Gasteiger partial charge in [-0.25, -0.2) is 4.98 Å². The lowest BCUT2D eigenvalue weighted by Crippen LogP contribution is -2.56. The predicted molar refractivity (Wildman–Crippen MR) is 110 cm³/mol. The minimum atomic E-state index is -0.451. The lowest BCUT2D eigenvalue weighted by Gasteiger charge is -2.44. The van der Waals surface area contributed by atoms with Gasteiger partial charge >= 0.3 is 0 Å². The lowest BCUT2D eigenvalue weighted by molar-refractivity contribution is -0.144. The van der Waals surface area contributed by atoms with Gasteiger partial charge in [-0.05, 0) is 37.0 Å². The molecule has 1 aromatic heterocycles. The molecule has 3 fully saturated rings. The Hall–Kier alpha value is -1.85. The number of rotatable bonds is 3. The Morgan fingerprint density at radius 3 is 2.45 bits per heavy atom. The third-order valence-corrected chi connectivity index (χ3v) is 8.52. The van der Waals surface area contributed by atoms with Crippen molar-refractivity contribution in [3.63, 3.8) is 0 Å². The van der Waals surface area contributed by atoms with Gasteiger partial charge in [0, 0.05) is 44.7 Å². The van der Waals surface area contributed by atoms with Crippen LogP contribution in [0.1, 0.15) is 64.8 Å². The zero-order chi connectivity index (χ0) is 20.8. The van der Waals surface area contributed by atoms with Crippen LogP contribution >= 0.6 is 0 Å². The molecule has 2 amide bonds. The van der Waals surface area contributed by atoms with E-state index < -0.39 is 5.54 Å². The van der Waals surface area contributed by atoms with Gasteiger partial charge in [-0.1, -0.05) is 27.7 Å². The maximum atomic E-state index is 13.5. The van der Waals surface area contributed by atoms with Gasteiger partial charge in [-0.2, -0.15) is 0 Å². The normalized spacial score (nSPS) is 31.3. The van der Waals surface area contributed by atoms with Crippen molar-refractivity contribution in [2.45, 2.75) is 65.3 Å². The maximum absolute atomic E-state index is 13.5. The molecule has 0 bridgehead atoms. The van der Waals surface area contributed by atoms with Crippen LogP contribution in [-0.4, -0.2) is 50.8 Å². The van der Waals surface area contributed by atoms with E-state index in [0.717, 1.165) is 50.9 Å². The topological polar surface area (TPSA) is 58.4 Å². The first-order chi connectivity index (χ1) is 13.6. The van der Waals surface area contributed by atoms with Crippen molar-refractivity contribution in [2.75, 3.05) is 19.6 Å². The fourth-order valence-corrected chi connectivity index (χ4v) is 5.97. The molecule has 2 aliphatic heterocycles. The molecule has 4 aliphatic rings. The molecule has 5 rings (SSSR count). The van der Waals surface area contributed by atoms with Crippen LogP contribution in [0.5, 0.6) is 0 Å². The molecule has 6 nitrogen and oxygen atoms in total. The number of imidazole rings is 1. The first-order valence-electron chi connectivity index (χ1n) is 11.2. The van der Waals surface area contributed by atoms with Crippen LogP contribution in [0, 0.1) is 22.7 Å². The van der Waals surface area contributed by atoms with Gasteiger partial charge in [0.15, 0.2) is 0 Å². The first kappa shape index (κ1) is 19.1. The van der Waals surface area contributed by atoms with Crippen molar-refractivity contribution >= 4 is 11.8 Å². The number of carbonyl (C=O) groups excluding carboxylic acids is 2. The third kappa shape index (κ3) is 2.56. The van der Waals surface area contributed by atoms with Crippen molar-refractivity contribution in [3.8, 4) is 0 Å². The molecule has 2 unspecified atom stereocenters. The minimum Gasteiger partial charge on any atom is -0.339 e. The predicted octanol–water partition coefficient (Wildman–Crippen LogP) is 2.71. The second kappa shape index (κ2) is 5.86.